The topological polar surface area (TPSA) is 29.5 Å². The number of rotatable bonds is 4. The summed E-state index contributed by atoms with van der Waals surface area (Å²) in [4.78, 5) is 2.34. The quantitative estimate of drug-likeness (QED) is 0.908. The highest BCUT2D eigenvalue weighted by atomic mass is 32.1. The van der Waals surface area contributed by atoms with Crippen LogP contribution in [0.15, 0.2) is 36.4 Å². The zero-order valence-electron chi connectivity index (χ0n) is 12.5. The van der Waals surface area contributed by atoms with Gasteiger partial charge in [-0.05, 0) is 35.2 Å². The number of aliphatic hydroxyl groups is 1. The van der Waals surface area contributed by atoms with E-state index in [0.29, 0.717) is 6.42 Å². The molecule has 0 bridgehead atoms. The Labute approximate surface area is 125 Å². The molecule has 108 valence electrons. The molecule has 20 heavy (non-hydrogen) atoms. The average molecular weight is 290 g/mol. The van der Waals surface area contributed by atoms with Crippen molar-refractivity contribution in [1.29, 1.82) is 0 Å². The number of thiophene rings is 1. The molecule has 2 rings (SSSR count). The van der Waals surface area contributed by atoms with Gasteiger partial charge in [0, 0.05) is 16.2 Å². The number of hydrogen-bond acceptors (Lipinski definition) is 3. The molecule has 0 saturated carbocycles. The van der Waals surface area contributed by atoms with Crippen molar-refractivity contribution in [3.05, 3.63) is 51.7 Å². The highest BCUT2D eigenvalue weighted by Gasteiger charge is 2.18. The lowest BCUT2D eigenvalue weighted by atomic mass is 9.95. The predicted octanol–water partition coefficient (Wildman–Crippen LogP) is 4.33. The van der Waals surface area contributed by atoms with Gasteiger partial charge in [0.2, 0.25) is 0 Å². The van der Waals surface area contributed by atoms with E-state index in [1.165, 1.54) is 4.88 Å². The molecule has 2 nitrogen and oxygen atoms in total. The number of methoxy groups -OCH3 is 1. The second kappa shape index (κ2) is 5.98. The highest BCUT2D eigenvalue weighted by molar-refractivity contribution is 7.12. The summed E-state index contributed by atoms with van der Waals surface area (Å²) in [5, 5.41) is 10.4. The molecule has 0 aliphatic heterocycles. The SMILES string of the molecule is COc1ccc(CC(O)c2ccc(C(C)(C)C)s2)cc1. The minimum Gasteiger partial charge on any atom is -0.497 e. The molecule has 3 heteroatoms. The molecule has 2 aromatic rings. The molecule has 0 radical (unpaired) electrons. The van der Waals surface area contributed by atoms with Crippen LogP contribution in [-0.2, 0) is 11.8 Å². The lowest BCUT2D eigenvalue weighted by Gasteiger charge is -2.15. The largest absolute Gasteiger partial charge is 0.497 e. The Morgan fingerprint density at radius 1 is 1.10 bits per heavy atom. The number of hydrogen-bond donors (Lipinski definition) is 1. The Hall–Kier alpha value is -1.32. The van der Waals surface area contributed by atoms with Crippen LogP contribution in [0.3, 0.4) is 0 Å². The Kier molecular flexibility index (Phi) is 4.51. The van der Waals surface area contributed by atoms with Crippen molar-refractivity contribution in [2.75, 3.05) is 7.11 Å². The smallest absolute Gasteiger partial charge is 0.118 e. The van der Waals surface area contributed by atoms with Crippen molar-refractivity contribution in [2.45, 2.75) is 38.7 Å². The maximum Gasteiger partial charge on any atom is 0.118 e. The van der Waals surface area contributed by atoms with Crippen LogP contribution >= 0.6 is 11.3 Å². The first-order chi connectivity index (χ1) is 9.40. The summed E-state index contributed by atoms with van der Waals surface area (Å²) in [6.45, 7) is 6.58. The summed E-state index contributed by atoms with van der Waals surface area (Å²) in [7, 11) is 1.66. The fourth-order valence-corrected chi connectivity index (χ4v) is 3.07. The van der Waals surface area contributed by atoms with Gasteiger partial charge in [0.15, 0.2) is 0 Å². The van der Waals surface area contributed by atoms with Crippen molar-refractivity contribution in [3.63, 3.8) is 0 Å². The van der Waals surface area contributed by atoms with Crippen molar-refractivity contribution in [1.82, 2.24) is 0 Å². The lowest BCUT2D eigenvalue weighted by Crippen LogP contribution is -2.07. The van der Waals surface area contributed by atoms with E-state index in [2.05, 4.69) is 26.8 Å². The molecule has 1 heterocycles. The van der Waals surface area contributed by atoms with Crippen molar-refractivity contribution >= 4 is 11.3 Å². The van der Waals surface area contributed by atoms with Gasteiger partial charge in [-0.3, -0.25) is 0 Å². The first kappa shape index (κ1) is 15.1. The van der Waals surface area contributed by atoms with E-state index in [1.807, 2.05) is 30.3 Å². The van der Waals surface area contributed by atoms with E-state index in [0.717, 1.165) is 16.2 Å². The number of ether oxygens (including phenoxy) is 1. The van der Waals surface area contributed by atoms with Crippen LogP contribution in [0.1, 0.15) is 42.2 Å². The summed E-state index contributed by atoms with van der Waals surface area (Å²) in [5.74, 6) is 0.842. The Morgan fingerprint density at radius 3 is 2.25 bits per heavy atom. The Bertz CT molecular complexity index is 549. The van der Waals surface area contributed by atoms with Crippen LogP contribution in [-0.4, -0.2) is 12.2 Å². The van der Waals surface area contributed by atoms with Gasteiger partial charge in [-0.2, -0.15) is 0 Å². The zero-order chi connectivity index (χ0) is 14.8. The minimum absolute atomic E-state index is 0.142. The molecule has 0 amide bonds. The molecule has 0 aliphatic rings. The summed E-state index contributed by atoms with van der Waals surface area (Å²) >= 11 is 1.70. The molecular formula is C17H22O2S. The highest BCUT2D eigenvalue weighted by Crippen LogP contribution is 2.33. The average Bonchev–Trinajstić information content (AvgIpc) is 2.89. The zero-order valence-corrected chi connectivity index (χ0v) is 13.3. The van der Waals surface area contributed by atoms with Gasteiger partial charge < -0.3 is 9.84 Å². The second-order valence-corrected chi connectivity index (χ2v) is 7.14. The second-order valence-electron chi connectivity index (χ2n) is 6.02. The van der Waals surface area contributed by atoms with Gasteiger partial charge in [-0.15, -0.1) is 11.3 Å². The molecule has 1 aromatic heterocycles. The summed E-state index contributed by atoms with van der Waals surface area (Å²) in [6.07, 6.45) is 0.193. The third-order valence-electron chi connectivity index (χ3n) is 3.28. The van der Waals surface area contributed by atoms with Gasteiger partial charge in [0.1, 0.15) is 5.75 Å². The normalized spacial score (nSPS) is 13.2. The van der Waals surface area contributed by atoms with Crippen LogP contribution in [0, 0.1) is 0 Å². The third kappa shape index (κ3) is 3.62. The maximum atomic E-state index is 10.4. The van der Waals surface area contributed by atoms with Crippen LogP contribution in [0.2, 0.25) is 0 Å². The first-order valence-electron chi connectivity index (χ1n) is 6.81. The van der Waals surface area contributed by atoms with Crippen LogP contribution in [0.25, 0.3) is 0 Å². The number of aliphatic hydroxyl groups excluding tert-OH is 1. The first-order valence-corrected chi connectivity index (χ1v) is 7.63. The van der Waals surface area contributed by atoms with Gasteiger partial charge in [0.05, 0.1) is 13.2 Å². The standard InChI is InChI=1S/C17H22O2S/c1-17(2,3)16-10-9-15(20-16)14(18)11-12-5-7-13(19-4)8-6-12/h5-10,14,18H,11H2,1-4H3. The van der Waals surface area contributed by atoms with E-state index < -0.39 is 6.10 Å². The monoisotopic (exact) mass is 290 g/mol. The van der Waals surface area contributed by atoms with Gasteiger partial charge >= 0.3 is 0 Å². The van der Waals surface area contributed by atoms with Crippen molar-refractivity contribution < 1.29 is 9.84 Å². The van der Waals surface area contributed by atoms with E-state index in [1.54, 1.807) is 18.4 Å². The molecule has 1 atom stereocenters. The minimum atomic E-state index is -0.440. The molecule has 1 unspecified atom stereocenters. The van der Waals surface area contributed by atoms with Gasteiger partial charge in [0.25, 0.3) is 0 Å². The summed E-state index contributed by atoms with van der Waals surface area (Å²) < 4.78 is 5.14. The van der Waals surface area contributed by atoms with Gasteiger partial charge in [-0.25, -0.2) is 0 Å². The molecule has 0 fully saturated rings. The predicted molar refractivity (Wildman–Crippen MR) is 84.7 cm³/mol. The molecule has 0 saturated heterocycles. The van der Waals surface area contributed by atoms with Gasteiger partial charge in [-0.1, -0.05) is 32.9 Å². The van der Waals surface area contributed by atoms with E-state index in [-0.39, 0.29) is 5.41 Å². The van der Waals surface area contributed by atoms with Crippen LogP contribution in [0.4, 0.5) is 0 Å². The lowest BCUT2D eigenvalue weighted by molar-refractivity contribution is 0.182. The molecule has 1 N–H and O–H groups in total. The fourth-order valence-electron chi connectivity index (χ4n) is 2.02. The third-order valence-corrected chi connectivity index (χ3v) is 4.89. The molecule has 1 aromatic carbocycles. The Balaban J connectivity index is 2.07. The van der Waals surface area contributed by atoms with E-state index >= 15 is 0 Å². The number of benzene rings is 1. The summed E-state index contributed by atoms with van der Waals surface area (Å²) in [6, 6.07) is 12.0. The molecule has 0 spiro atoms. The van der Waals surface area contributed by atoms with Crippen molar-refractivity contribution in [3.8, 4) is 5.75 Å². The summed E-state index contributed by atoms with van der Waals surface area (Å²) in [5.41, 5.74) is 1.26. The van der Waals surface area contributed by atoms with Crippen LogP contribution < -0.4 is 4.74 Å². The maximum absolute atomic E-state index is 10.4. The Morgan fingerprint density at radius 2 is 1.75 bits per heavy atom. The fraction of sp³-hybridized carbons (Fsp3) is 0.412. The van der Waals surface area contributed by atoms with E-state index in [4.69, 9.17) is 4.74 Å². The van der Waals surface area contributed by atoms with E-state index in [9.17, 15) is 5.11 Å². The van der Waals surface area contributed by atoms with Crippen molar-refractivity contribution in [2.24, 2.45) is 0 Å². The molecule has 0 aliphatic carbocycles. The molecular weight excluding hydrogens is 268 g/mol. The van der Waals surface area contributed by atoms with Crippen LogP contribution in [0.5, 0.6) is 5.75 Å².